The van der Waals surface area contributed by atoms with Crippen LogP contribution in [0.5, 0.6) is 0 Å². The lowest BCUT2D eigenvalue weighted by molar-refractivity contribution is 0.00217. The second-order valence-electron chi connectivity index (χ2n) is 7.45. The van der Waals surface area contributed by atoms with Gasteiger partial charge in [0.25, 0.3) is 0 Å². The zero-order chi connectivity index (χ0) is 14.2. The molecule has 3 rings (SSSR count). The van der Waals surface area contributed by atoms with E-state index in [4.69, 9.17) is 5.73 Å². The highest BCUT2D eigenvalue weighted by Crippen LogP contribution is 2.45. The monoisotopic (exact) mass is 279 g/mol. The Balaban J connectivity index is 1.72. The quantitative estimate of drug-likeness (QED) is 0.858. The van der Waals surface area contributed by atoms with Gasteiger partial charge in [-0.25, -0.2) is 0 Å². The molecule has 0 radical (unpaired) electrons. The lowest BCUT2D eigenvalue weighted by atomic mass is 9.72. The molecular weight excluding hydrogens is 246 g/mol. The normalized spacial score (nSPS) is 38.2. The minimum absolute atomic E-state index is 0.310. The number of likely N-dealkylation sites (tertiary alicyclic amines) is 1. The van der Waals surface area contributed by atoms with Crippen LogP contribution in [0.1, 0.15) is 58.8 Å². The first kappa shape index (κ1) is 14.8. The van der Waals surface area contributed by atoms with Crippen LogP contribution >= 0.6 is 0 Å². The molecule has 0 aromatic rings. The Kier molecular flexibility index (Phi) is 4.13. The standard InChI is InChI=1S/C17H33N3/c1-3-16(4-2)7-12-20(13-8-16)17(14-18)9-11-19-10-5-6-15(17)19/h15H,3-14,18H2,1-2H3. The van der Waals surface area contributed by atoms with Gasteiger partial charge < -0.3 is 5.73 Å². The van der Waals surface area contributed by atoms with Gasteiger partial charge in [-0.2, -0.15) is 0 Å². The summed E-state index contributed by atoms with van der Waals surface area (Å²) in [5.74, 6) is 0. The van der Waals surface area contributed by atoms with Crippen LogP contribution in [0.15, 0.2) is 0 Å². The molecule has 0 aliphatic carbocycles. The Hall–Kier alpha value is -0.120. The zero-order valence-electron chi connectivity index (χ0n) is 13.5. The Morgan fingerprint density at radius 3 is 2.30 bits per heavy atom. The fourth-order valence-corrected chi connectivity index (χ4v) is 5.33. The molecule has 3 aliphatic rings. The first-order valence-electron chi connectivity index (χ1n) is 8.89. The summed E-state index contributed by atoms with van der Waals surface area (Å²) in [6.45, 7) is 10.8. The summed E-state index contributed by atoms with van der Waals surface area (Å²) in [5, 5.41) is 0. The third kappa shape index (κ3) is 2.13. The summed E-state index contributed by atoms with van der Waals surface area (Å²) < 4.78 is 0. The number of hydrogen-bond acceptors (Lipinski definition) is 3. The summed E-state index contributed by atoms with van der Waals surface area (Å²) in [4.78, 5) is 5.51. The number of nitrogens with zero attached hydrogens (tertiary/aromatic N) is 2. The minimum atomic E-state index is 0.310. The molecule has 2 unspecified atom stereocenters. The third-order valence-corrected chi connectivity index (χ3v) is 7.12. The Labute approximate surface area is 124 Å². The van der Waals surface area contributed by atoms with Crippen molar-refractivity contribution in [3.8, 4) is 0 Å². The molecule has 2 N–H and O–H groups in total. The average molecular weight is 279 g/mol. The maximum Gasteiger partial charge on any atom is 0.0498 e. The number of nitrogens with two attached hydrogens (primary N) is 1. The lowest BCUT2D eigenvalue weighted by Gasteiger charge is -2.50. The van der Waals surface area contributed by atoms with Crippen molar-refractivity contribution in [2.24, 2.45) is 11.1 Å². The number of hydrogen-bond donors (Lipinski definition) is 1. The van der Waals surface area contributed by atoms with E-state index in [-0.39, 0.29) is 0 Å². The van der Waals surface area contributed by atoms with Crippen molar-refractivity contribution in [1.82, 2.24) is 9.80 Å². The van der Waals surface area contributed by atoms with Gasteiger partial charge in [0.1, 0.15) is 0 Å². The van der Waals surface area contributed by atoms with Gasteiger partial charge in [0.15, 0.2) is 0 Å². The van der Waals surface area contributed by atoms with E-state index in [2.05, 4.69) is 23.6 Å². The van der Waals surface area contributed by atoms with Crippen molar-refractivity contribution in [3.05, 3.63) is 0 Å². The van der Waals surface area contributed by atoms with Crippen LogP contribution in [0.4, 0.5) is 0 Å². The molecule has 3 aliphatic heterocycles. The maximum absolute atomic E-state index is 6.32. The van der Waals surface area contributed by atoms with E-state index in [9.17, 15) is 0 Å². The summed E-state index contributed by atoms with van der Waals surface area (Å²) in [6.07, 6.45) is 9.53. The lowest BCUT2D eigenvalue weighted by Crippen LogP contribution is -2.62. The molecule has 3 nitrogen and oxygen atoms in total. The van der Waals surface area contributed by atoms with Crippen LogP contribution in [-0.4, -0.2) is 54.1 Å². The van der Waals surface area contributed by atoms with E-state index in [0.29, 0.717) is 11.0 Å². The number of piperidine rings is 1. The number of fused-ring (bicyclic) bond motifs is 1. The summed E-state index contributed by atoms with van der Waals surface area (Å²) in [7, 11) is 0. The van der Waals surface area contributed by atoms with Crippen molar-refractivity contribution in [2.45, 2.75) is 70.4 Å². The van der Waals surface area contributed by atoms with Crippen molar-refractivity contribution < 1.29 is 0 Å². The van der Waals surface area contributed by atoms with Gasteiger partial charge in [0.05, 0.1) is 0 Å². The van der Waals surface area contributed by atoms with Crippen LogP contribution in [0.2, 0.25) is 0 Å². The van der Waals surface area contributed by atoms with E-state index in [1.807, 2.05) is 0 Å². The van der Waals surface area contributed by atoms with Gasteiger partial charge in [0.2, 0.25) is 0 Å². The molecule has 3 saturated heterocycles. The molecule has 0 spiro atoms. The zero-order valence-corrected chi connectivity index (χ0v) is 13.5. The molecule has 0 amide bonds. The van der Waals surface area contributed by atoms with Gasteiger partial charge >= 0.3 is 0 Å². The first-order valence-corrected chi connectivity index (χ1v) is 8.89. The maximum atomic E-state index is 6.32. The molecule has 116 valence electrons. The van der Waals surface area contributed by atoms with E-state index in [0.717, 1.165) is 12.6 Å². The highest BCUT2D eigenvalue weighted by Gasteiger charge is 2.52. The van der Waals surface area contributed by atoms with Crippen molar-refractivity contribution in [1.29, 1.82) is 0 Å². The van der Waals surface area contributed by atoms with Crippen LogP contribution in [-0.2, 0) is 0 Å². The SMILES string of the molecule is CCC1(CC)CCN(C2(CN)CCN3CCCC32)CC1. The van der Waals surface area contributed by atoms with Crippen LogP contribution in [0.3, 0.4) is 0 Å². The van der Waals surface area contributed by atoms with Crippen LogP contribution in [0, 0.1) is 5.41 Å². The van der Waals surface area contributed by atoms with Crippen LogP contribution in [0.25, 0.3) is 0 Å². The first-order chi connectivity index (χ1) is 9.69. The van der Waals surface area contributed by atoms with Gasteiger partial charge in [-0.05, 0) is 57.2 Å². The molecule has 0 bridgehead atoms. The predicted octanol–water partition coefficient (Wildman–Crippen LogP) is 2.45. The average Bonchev–Trinajstić information content (AvgIpc) is 3.10. The van der Waals surface area contributed by atoms with Gasteiger partial charge in [-0.1, -0.05) is 26.7 Å². The summed E-state index contributed by atoms with van der Waals surface area (Å²) in [5.41, 5.74) is 7.25. The number of rotatable bonds is 4. The van der Waals surface area contributed by atoms with Crippen molar-refractivity contribution in [3.63, 3.8) is 0 Å². The second kappa shape index (κ2) is 5.58. The molecule has 0 aromatic heterocycles. The van der Waals surface area contributed by atoms with Gasteiger partial charge in [-0.15, -0.1) is 0 Å². The van der Waals surface area contributed by atoms with E-state index in [1.165, 1.54) is 71.1 Å². The molecule has 0 saturated carbocycles. The largest absolute Gasteiger partial charge is 0.329 e. The molecule has 20 heavy (non-hydrogen) atoms. The second-order valence-corrected chi connectivity index (χ2v) is 7.45. The molecule has 2 atom stereocenters. The molecule has 0 aromatic carbocycles. The minimum Gasteiger partial charge on any atom is -0.329 e. The molecule has 3 fully saturated rings. The highest BCUT2D eigenvalue weighted by atomic mass is 15.3. The van der Waals surface area contributed by atoms with Gasteiger partial charge in [-0.3, -0.25) is 9.80 Å². The fraction of sp³-hybridized carbons (Fsp3) is 1.00. The van der Waals surface area contributed by atoms with E-state index in [1.54, 1.807) is 0 Å². The Morgan fingerprint density at radius 2 is 1.70 bits per heavy atom. The van der Waals surface area contributed by atoms with Crippen LogP contribution < -0.4 is 5.73 Å². The Bertz CT molecular complexity index is 329. The molecular formula is C17H33N3. The van der Waals surface area contributed by atoms with Crippen molar-refractivity contribution >= 4 is 0 Å². The topological polar surface area (TPSA) is 32.5 Å². The fourth-order valence-electron chi connectivity index (χ4n) is 5.33. The molecule has 3 heteroatoms. The van der Waals surface area contributed by atoms with Crippen molar-refractivity contribution in [2.75, 3.05) is 32.7 Å². The smallest absolute Gasteiger partial charge is 0.0498 e. The summed E-state index contributed by atoms with van der Waals surface area (Å²) >= 11 is 0. The third-order valence-electron chi connectivity index (χ3n) is 7.12. The van der Waals surface area contributed by atoms with E-state index >= 15 is 0 Å². The predicted molar refractivity (Wildman–Crippen MR) is 84.8 cm³/mol. The Morgan fingerprint density at radius 1 is 1.00 bits per heavy atom. The molecule has 3 heterocycles. The highest BCUT2D eigenvalue weighted by molar-refractivity contribution is 5.10. The van der Waals surface area contributed by atoms with Gasteiger partial charge in [0, 0.05) is 24.7 Å². The van der Waals surface area contributed by atoms with E-state index < -0.39 is 0 Å². The summed E-state index contributed by atoms with van der Waals surface area (Å²) in [6, 6.07) is 0.753.